The van der Waals surface area contributed by atoms with Crippen molar-refractivity contribution in [2.24, 2.45) is 0 Å². The molecule has 5 nitrogen and oxygen atoms in total. The second-order valence-electron chi connectivity index (χ2n) is 4.70. The van der Waals surface area contributed by atoms with E-state index < -0.39 is 5.82 Å². The molecule has 0 aliphatic rings. The Hall–Kier alpha value is -2.89. The zero-order chi connectivity index (χ0) is 15.5. The number of amides is 1. The summed E-state index contributed by atoms with van der Waals surface area (Å²) in [7, 11) is 1.38. The van der Waals surface area contributed by atoms with Crippen LogP contribution in [0.3, 0.4) is 0 Å². The number of nitrogens with one attached hydrogen (secondary N) is 1. The number of ether oxygens (including phenoxy) is 1. The third-order valence-corrected chi connectivity index (χ3v) is 3.22. The van der Waals surface area contributed by atoms with Crippen molar-refractivity contribution < 1.29 is 18.4 Å². The molecule has 3 aromatic rings. The Kier molecular flexibility index (Phi) is 3.74. The molecule has 1 heterocycles. The van der Waals surface area contributed by atoms with Crippen LogP contribution in [0.15, 0.2) is 47.0 Å². The lowest BCUT2D eigenvalue weighted by Crippen LogP contribution is -2.14. The number of carbonyl (C=O) groups is 1. The molecule has 1 N–H and O–H groups in total. The van der Waals surface area contributed by atoms with E-state index in [9.17, 15) is 9.18 Å². The van der Waals surface area contributed by atoms with Crippen LogP contribution in [-0.4, -0.2) is 18.2 Å². The van der Waals surface area contributed by atoms with Gasteiger partial charge in [-0.25, -0.2) is 4.39 Å². The average Bonchev–Trinajstić information content (AvgIpc) is 2.91. The lowest BCUT2D eigenvalue weighted by molar-refractivity contribution is -0.115. The fourth-order valence-electron chi connectivity index (χ4n) is 2.17. The van der Waals surface area contributed by atoms with Crippen molar-refractivity contribution in [1.82, 2.24) is 5.16 Å². The summed E-state index contributed by atoms with van der Waals surface area (Å²) in [6, 6.07) is 11.5. The highest BCUT2D eigenvalue weighted by molar-refractivity contribution is 5.94. The Labute approximate surface area is 125 Å². The molecule has 0 saturated heterocycles. The number of hydrogen-bond donors (Lipinski definition) is 1. The van der Waals surface area contributed by atoms with Gasteiger partial charge in [-0.2, -0.15) is 0 Å². The monoisotopic (exact) mass is 300 g/mol. The van der Waals surface area contributed by atoms with Crippen LogP contribution in [0, 0.1) is 5.82 Å². The molecule has 22 heavy (non-hydrogen) atoms. The highest BCUT2D eigenvalue weighted by Gasteiger charge is 2.13. The molecule has 2 aromatic carbocycles. The fraction of sp³-hybridized carbons (Fsp3) is 0.125. The minimum Gasteiger partial charge on any atom is -0.494 e. The van der Waals surface area contributed by atoms with Crippen LogP contribution in [0.2, 0.25) is 0 Å². The summed E-state index contributed by atoms with van der Waals surface area (Å²) in [6.45, 7) is 0. The standard InChI is InChI=1S/C16H13FN2O3/c1-21-15-7-6-10(8-12(15)17)18-16(20)9-13-11-4-2-3-5-14(11)22-19-13/h2-8H,9H2,1H3,(H,18,20). The van der Waals surface area contributed by atoms with Crippen LogP contribution in [0.4, 0.5) is 10.1 Å². The number of carbonyl (C=O) groups excluding carboxylic acids is 1. The van der Waals surface area contributed by atoms with Crippen molar-refractivity contribution in [2.45, 2.75) is 6.42 Å². The van der Waals surface area contributed by atoms with Gasteiger partial charge >= 0.3 is 0 Å². The lowest BCUT2D eigenvalue weighted by atomic mass is 10.1. The normalized spacial score (nSPS) is 10.6. The quantitative estimate of drug-likeness (QED) is 0.804. The molecule has 0 fully saturated rings. The Morgan fingerprint density at radius 1 is 1.32 bits per heavy atom. The van der Waals surface area contributed by atoms with E-state index in [4.69, 9.17) is 9.26 Å². The van der Waals surface area contributed by atoms with E-state index in [2.05, 4.69) is 10.5 Å². The number of nitrogens with zero attached hydrogens (tertiary/aromatic N) is 1. The number of rotatable bonds is 4. The predicted molar refractivity (Wildman–Crippen MR) is 79.3 cm³/mol. The smallest absolute Gasteiger partial charge is 0.230 e. The van der Waals surface area contributed by atoms with Crippen LogP contribution in [0.25, 0.3) is 11.0 Å². The zero-order valence-corrected chi connectivity index (χ0v) is 11.8. The van der Waals surface area contributed by atoms with Gasteiger partial charge in [-0.3, -0.25) is 4.79 Å². The molecule has 0 bridgehead atoms. The molecule has 3 rings (SSSR count). The van der Waals surface area contributed by atoms with E-state index in [1.54, 1.807) is 12.1 Å². The van der Waals surface area contributed by atoms with Crippen LogP contribution in [0.1, 0.15) is 5.69 Å². The summed E-state index contributed by atoms with van der Waals surface area (Å²) in [6.07, 6.45) is 0.0463. The molecular formula is C16H13FN2O3. The topological polar surface area (TPSA) is 64.4 Å². The van der Waals surface area contributed by atoms with Crippen molar-refractivity contribution in [3.63, 3.8) is 0 Å². The third kappa shape index (κ3) is 2.76. The Morgan fingerprint density at radius 3 is 2.91 bits per heavy atom. The van der Waals surface area contributed by atoms with Gasteiger partial charge in [0, 0.05) is 17.1 Å². The van der Waals surface area contributed by atoms with Gasteiger partial charge in [0.05, 0.1) is 13.5 Å². The van der Waals surface area contributed by atoms with E-state index in [0.717, 1.165) is 5.39 Å². The van der Waals surface area contributed by atoms with Gasteiger partial charge < -0.3 is 14.6 Å². The Bertz CT molecular complexity index is 829. The van der Waals surface area contributed by atoms with Crippen LogP contribution in [-0.2, 0) is 11.2 Å². The molecule has 6 heteroatoms. The summed E-state index contributed by atoms with van der Waals surface area (Å²) >= 11 is 0. The van der Waals surface area contributed by atoms with E-state index >= 15 is 0 Å². The summed E-state index contributed by atoms with van der Waals surface area (Å²) in [5.74, 6) is -0.712. The minimum atomic E-state index is -0.535. The second-order valence-corrected chi connectivity index (χ2v) is 4.70. The summed E-state index contributed by atoms with van der Waals surface area (Å²) in [5.41, 5.74) is 1.53. The van der Waals surface area contributed by atoms with Crippen LogP contribution >= 0.6 is 0 Å². The van der Waals surface area contributed by atoms with Crippen molar-refractivity contribution in [3.05, 3.63) is 54.0 Å². The molecule has 0 spiro atoms. The second kappa shape index (κ2) is 5.85. The molecule has 0 unspecified atom stereocenters. The van der Waals surface area contributed by atoms with E-state index in [1.807, 2.05) is 18.2 Å². The van der Waals surface area contributed by atoms with Gasteiger partial charge in [0.1, 0.15) is 5.69 Å². The number of benzene rings is 2. The first-order chi connectivity index (χ1) is 10.7. The zero-order valence-electron chi connectivity index (χ0n) is 11.8. The predicted octanol–water partition coefficient (Wildman–Crippen LogP) is 3.16. The Morgan fingerprint density at radius 2 is 2.14 bits per heavy atom. The number of halogens is 1. The highest BCUT2D eigenvalue weighted by atomic mass is 19.1. The van der Waals surface area contributed by atoms with Gasteiger partial charge in [-0.05, 0) is 24.3 Å². The number of hydrogen-bond acceptors (Lipinski definition) is 4. The van der Waals surface area contributed by atoms with Gasteiger partial charge in [0.15, 0.2) is 17.1 Å². The van der Waals surface area contributed by atoms with Crippen molar-refractivity contribution in [1.29, 1.82) is 0 Å². The number of aromatic nitrogens is 1. The van der Waals surface area contributed by atoms with Crippen molar-refractivity contribution in [2.75, 3.05) is 12.4 Å². The summed E-state index contributed by atoms with van der Waals surface area (Å²) in [4.78, 5) is 12.0. The molecule has 0 saturated carbocycles. The lowest BCUT2D eigenvalue weighted by Gasteiger charge is -2.06. The highest BCUT2D eigenvalue weighted by Crippen LogP contribution is 2.22. The molecule has 112 valence electrons. The Balaban J connectivity index is 1.74. The van der Waals surface area contributed by atoms with Gasteiger partial charge in [0.25, 0.3) is 0 Å². The number of anilines is 1. The van der Waals surface area contributed by atoms with Crippen molar-refractivity contribution >= 4 is 22.6 Å². The molecule has 1 amide bonds. The maximum Gasteiger partial charge on any atom is 0.230 e. The molecule has 0 atom stereocenters. The van der Waals surface area contributed by atoms with E-state index in [-0.39, 0.29) is 18.1 Å². The molecule has 0 aliphatic heterocycles. The van der Waals surface area contributed by atoms with E-state index in [1.165, 1.54) is 19.2 Å². The molecule has 0 radical (unpaired) electrons. The first-order valence-electron chi connectivity index (χ1n) is 6.64. The van der Waals surface area contributed by atoms with Gasteiger partial charge in [-0.1, -0.05) is 17.3 Å². The van der Waals surface area contributed by atoms with Gasteiger partial charge in [-0.15, -0.1) is 0 Å². The fourth-order valence-corrected chi connectivity index (χ4v) is 2.17. The number of para-hydroxylation sites is 1. The average molecular weight is 300 g/mol. The number of fused-ring (bicyclic) bond motifs is 1. The maximum atomic E-state index is 13.6. The summed E-state index contributed by atoms with van der Waals surface area (Å²) in [5, 5.41) is 7.30. The van der Waals surface area contributed by atoms with E-state index in [0.29, 0.717) is 17.0 Å². The largest absolute Gasteiger partial charge is 0.494 e. The molecule has 0 aliphatic carbocycles. The first-order valence-corrected chi connectivity index (χ1v) is 6.64. The van der Waals surface area contributed by atoms with Gasteiger partial charge in [0.2, 0.25) is 5.91 Å². The SMILES string of the molecule is COc1ccc(NC(=O)Cc2noc3ccccc23)cc1F. The minimum absolute atomic E-state index is 0.0463. The van der Waals surface area contributed by atoms with Crippen LogP contribution in [0.5, 0.6) is 5.75 Å². The first kappa shape index (κ1) is 14.1. The number of methoxy groups -OCH3 is 1. The van der Waals surface area contributed by atoms with Crippen molar-refractivity contribution in [3.8, 4) is 5.75 Å². The maximum absolute atomic E-state index is 13.6. The molecule has 1 aromatic heterocycles. The summed E-state index contributed by atoms with van der Waals surface area (Å²) < 4.78 is 23.6. The third-order valence-electron chi connectivity index (χ3n) is 3.22. The van der Waals surface area contributed by atoms with Crippen LogP contribution < -0.4 is 10.1 Å². The molecular weight excluding hydrogens is 287 g/mol.